The van der Waals surface area contributed by atoms with Crippen LogP contribution in [0.2, 0.25) is 0 Å². The average Bonchev–Trinajstić information content (AvgIpc) is 1.72. The lowest BCUT2D eigenvalue weighted by Gasteiger charge is -1.87. The fourth-order valence-electron chi connectivity index (χ4n) is 0.220. The molecule has 0 aliphatic carbocycles. The molecule has 0 radical (unpaired) electrons. The van der Waals surface area contributed by atoms with Crippen molar-refractivity contribution >= 4 is 6.21 Å². The number of ether oxygens (including phenoxy) is 1. The molecule has 0 bridgehead atoms. The SMILES string of the molecule is C1#COCC=N1. The van der Waals surface area contributed by atoms with Crippen LogP contribution in [-0.2, 0) is 4.74 Å². The van der Waals surface area contributed by atoms with Crippen LogP contribution in [0.15, 0.2) is 4.99 Å². The summed E-state index contributed by atoms with van der Waals surface area (Å²) in [5.74, 6) is 0. The Hall–Kier alpha value is -0.970. The molecule has 0 aromatic carbocycles. The second-order valence-electron chi connectivity index (χ2n) is 0.837. The molecule has 1 heterocycles. The van der Waals surface area contributed by atoms with Crippen LogP contribution >= 0.6 is 0 Å². The largest absolute Gasteiger partial charge is 0.439 e. The van der Waals surface area contributed by atoms with Gasteiger partial charge in [0.25, 0.3) is 0 Å². The highest BCUT2D eigenvalue weighted by molar-refractivity contribution is 5.61. The smallest absolute Gasteiger partial charge is 0.136 e. The van der Waals surface area contributed by atoms with Gasteiger partial charge < -0.3 is 4.74 Å². The molecule has 30 valence electrons. The molecule has 0 aromatic heterocycles. The first-order valence-electron chi connectivity index (χ1n) is 1.63. The van der Waals surface area contributed by atoms with Gasteiger partial charge >= 0.3 is 0 Å². The normalized spacial score (nSPS) is 14.7. The number of hydrogen-bond donors (Lipinski definition) is 0. The zero-order valence-corrected chi connectivity index (χ0v) is 3.14. The van der Waals surface area contributed by atoms with Crippen LogP contribution in [0.3, 0.4) is 0 Å². The standard InChI is InChI=1S/C4H3NO/c1-3-6-4-2-5-1/h1H,3H2. The van der Waals surface area contributed by atoms with Gasteiger partial charge in [-0.1, -0.05) is 0 Å². The molecular weight excluding hydrogens is 78.0 g/mol. The molecule has 0 spiro atoms. The quantitative estimate of drug-likeness (QED) is 0.376. The zero-order chi connectivity index (χ0) is 4.24. The topological polar surface area (TPSA) is 21.6 Å². The summed E-state index contributed by atoms with van der Waals surface area (Å²) in [5.41, 5.74) is 0. The van der Waals surface area contributed by atoms with E-state index in [0.717, 1.165) is 0 Å². The summed E-state index contributed by atoms with van der Waals surface area (Å²) in [6, 6.07) is 2.38. The van der Waals surface area contributed by atoms with Crippen molar-refractivity contribution in [3.05, 3.63) is 0 Å². The molecule has 0 fully saturated rings. The van der Waals surface area contributed by atoms with E-state index in [9.17, 15) is 0 Å². The minimum atomic E-state index is 0.535. The highest BCUT2D eigenvalue weighted by atomic mass is 16.5. The van der Waals surface area contributed by atoms with Crippen molar-refractivity contribution in [2.75, 3.05) is 6.61 Å². The maximum Gasteiger partial charge on any atom is 0.136 e. The molecule has 6 heavy (non-hydrogen) atoms. The number of aliphatic imine (C=N–C) groups is 1. The van der Waals surface area contributed by atoms with Crippen LogP contribution in [0.25, 0.3) is 0 Å². The Bertz CT molecular complexity index is 117. The first-order chi connectivity index (χ1) is 3.00. The van der Waals surface area contributed by atoms with Gasteiger partial charge in [-0.3, -0.25) is 0 Å². The van der Waals surface area contributed by atoms with Crippen LogP contribution in [0, 0.1) is 12.2 Å². The van der Waals surface area contributed by atoms with Crippen molar-refractivity contribution in [1.82, 2.24) is 0 Å². The van der Waals surface area contributed by atoms with Crippen molar-refractivity contribution in [2.24, 2.45) is 4.99 Å². The Balaban J connectivity index is 2.58. The third-order valence-corrected chi connectivity index (χ3v) is 0.432. The van der Waals surface area contributed by atoms with E-state index in [2.05, 4.69) is 21.9 Å². The minimum absolute atomic E-state index is 0.535. The molecule has 0 saturated carbocycles. The Kier molecular flexibility index (Phi) is 0.787. The van der Waals surface area contributed by atoms with Crippen LogP contribution in [0.4, 0.5) is 0 Å². The molecule has 1 aliphatic heterocycles. The third-order valence-electron chi connectivity index (χ3n) is 0.432. The van der Waals surface area contributed by atoms with Crippen molar-refractivity contribution in [3.63, 3.8) is 0 Å². The zero-order valence-electron chi connectivity index (χ0n) is 3.14. The predicted molar refractivity (Wildman–Crippen MR) is 22.2 cm³/mol. The highest BCUT2D eigenvalue weighted by Crippen LogP contribution is 1.72. The van der Waals surface area contributed by atoms with E-state index < -0.39 is 0 Å². The average molecular weight is 81.1 g/mol. The predicted octanol–water partition coefficient (Wildman–Crippen LogP) is 0.00580. The molecule has 2 nitrogen and oxygen atoms in total. The highest BCUT2D eigenvalue weighted by Gasteiger charge is 1.76. The van der Waals surface area contributed by atoms with Crippen molar-refractivity contribution in [1.29, 1.82) is 0 Å². The molecule has 1 rings (SSSR count). The molecule has 0 atom stereocenters. The second kappa shape index (κ2) is 1.46. The summed E-state index contributed by atoms with van der Waals surface area (Å²) >= 11 is 0. The molecule has 0 aromatic rings. The number of hydrogen-bond acceptors (Lipinski definition) is 2. The minimum Gasteiger partial charge on any atom is -0.439 e. The van der Waals surface area contributed by atoms with Crippen LogP contribution in [0.1, 0.15) is 0 Å². The summed E-state index contributed by atoms with van der Waals surface area (Å²) in [4.78, 5) is 3.57. The maximum absolute atomic E-state index is 4.56. The summed E-state index contributed by atoms with van der Waals surface area (Å²) in [5, 5.41) is 0. The van der Waals surface area contributed by atoms with Crippen molar-refractivity contribution in [2.45, 2.75) is 0 Å². The first-order valence-corrected chi connectivity index (χ1v) is 1.63. The summed E-state index contributed by atoms with van der Waals surface area (Å²) in [6.45, 7) is 0.535. The molecule has 0 N–H and O–H groups in total. The summed E-state index contributed by atoms with van der Waals surface area (Å²) in [7, 11) is 0. The van der Waals surface area contributed by atoms with E-state index >= 15 is 0 Å². The van der Waals surface area contributed by atoms with E-state index in [1.54, 1.807) is 6.21 Å². The third kappa shape index (κ3) is 0.494. The van der Waals surface area contributed by atoms with Gasteiger partial charge in [-0.15, -0.1) is 0 Å². The first kappa shape index (κ1) is 3.23. The van der Waals surface area contributed by atoms with Gasteiger partial charge in [0.05, 0.1) is 12.3 Å². The van der Waals surface area contributed by atoms with E-state index in [-0.39, 0.29) is 0 Å². The lowest BCUT2D eigenvalue weighted by atomic mass is 10.7. The fraction of sp³-hybridized carbons (Fsp3) is 0.250. The molecule has 0 saturated heterocycles. The molecule has 2 heteroatoms. The van der Waals surface area contributed by atoms with E-state index in [4.69, 9.17) is 0 Å². The monoisotopic (exact) mass is 81.0 g/mol. The van der Waals surface area contributed by atoms with E-state index in [1.165, 1.54) is 0 Å². The number of rotatable bonds is 0. The molecule has 0 unspecified atom stereocenters. The molecule has 0 amide bonds. The van der Waals surface area contributed by atoms with Gasteiger partial charge in [0.1, 0.15) is 12.7 Å². The van der Waals surface area contributed by atoms with Crippen LogP contribution in [0.5, 0.6) is 0 Å². The Morgan fingerprint density at radius 1 is 1.83 bits per heavy atom. The second-order valence-corrected chi connectivity index (χ2v) is 0.837. The van der Waals surface area contributed by atoms with Gasteiger partial charge in [-0.2, -0.15) is 0 Å². The van der Waals surface area contributed by atoms with Crippen molar-refractivity contribution < 1.29 is 4.74 Å². The Morgan fingerprint density at radius 3 is 3.00 bits per heavy atom. The van der Waals surface area contributed by atoms with Gasteiger partial charge in [0.2, 0.25) is 0 Å². The Morgan fingerprint density at radius 2 is 2.83 bits per heavy atom. The maximum atomic E-state index is 4.56. The van der Waals surface area contributed by atoms with Crippen LogP contribution < -0.4 is 0 Å². The number of nitrogens with zero attached hydrogens (tertiary/aromatic N) is 1. The van der Waals surface area contributed by atoms with Crippen molar-refractivity contribution in [3.8, 4) is 12.2 Å². The van der Waals surface area contributed by atoms with Gasteiger partial charge in [0, 0.05) is 0 Å². The fourth-order valence-corrected chi connectivity index (χ4v) is 0.220. The molecular formula is C4H3NO. The lowest BCUT2D eigenvalue weighted by molar-refractivity contribution is 0.335. The van der Waals surface area contributed by atoms with Crippen LogP contribution in [-0.4, -0.2) is 12.8 Å². The van der Waals surface area contributed by atoms with Gasteiger partial charge in [0.15, 0.2) is 0 Å². The summed E-state index contributed by atoms with van der Waals surface area (Å²) in [6.07, 6.45) is 3.96. The summed E-state index contributed by atoms with van der Waals surface area (Å²) < 4.78 is 4.56. The van der Waals surface area contributed by atoms with E-state index in [1.807, 2.05) is 0 Å². The van der Waals surface area contributed by atoms with E-state index in [0.29, 0.717) is 6.61 Å². The van der Waals surface area contributed by atoms with Gasteiger partial charge in [-0.05, 0) is 0 Å². The lowest BCUT2D eigenvalue weighted by Crippen LogP contribution is -1.90. The molecule has 1 aliphatic rings. The van der Waals surface area contributed by atoms with Gasteiger partial charge in [-0.25, -0.2) is 4.99 Å². The Labute approximate surface area is 35.8 Å².